The van der Waals surface area contributed by atoms with E-state index in [1.54, 1.807) is 6.07 Å². The third-order valence-corrected chi connectivity index (χ3v) is 1.57. The first-order chi connectivity index (χ1) is 5.59. The van der Waals surface area contributed by atoms with Gasteiger partial charge in [-0.3, -0.25) is 0 Å². The van der Waals surface area contributed by atoms with Crippen LogP contribution in [-0.4, -0.2) is 11.1 Å². The van der Waals surface area contributed by atoms with Crippen LogP contribution < -0.4 is 5.73 Å². The minimum absolute atomic E-state index is 0.00828. The Morgan fingerprint density at radius 1 is 1.58 bits per heavy atom. The normalized spacial score (nSPS) is 12.9. The third-order valence-electron chi connectivity index (χ3n) is 1.57. The average molecular weight is 169 g/mol. The Morgan fingerprint density at radius 3 is 2.75 bits per heavy atom. The van der Waals surface area contributed by atoms with E-state index in [4.69, 9.17) is 10.8 Å². The molecule has 0 amide bonds. The summed E-state index contributed by atoms with van der Waals surface area (Å²) in [5, 5.41) is 8.87. The van der Waals surface area contributed by atoms with Crippen molar-refractivity contribution in [3.05, 3.63) is 29.6 Å². The second kappa shape index (κ2) is 3.54. The summed E-state index contributed by atoms with van der Waals surface area (Å²) in [6.45, 7) is 1.85. The van der Waals surface area contributed by atoms with Crippen molar-refractivity contribution in [3.8, 4) is 5.75 Å². The molecule has 1 rings (SSSR count). The zero-order chi connectivity index (χ0) is 9.14. The van der Waals surface area contributed by atoms with Crippen molar-refractivity contribution >= 4 is 0 Å². The average Bonchev–Trinajstić information content (AvgIpc) is 1.96. The standard InChI is InChI=1S/C9H12FNO/c1-6(11)4-7-2-3-9(12)8(10)5-7/h2-3,5-6,12H,4,11H2,1H3/t6-/m0/s1. The first-order valence-electron chi connectivity index (χ1n) is 3.82. The Labute approximate surface area is 70.8 Å². The van der Waals surface area contributed by atoms with Gasteiger partial charge in [-0.05, 0) is 31.0 Å². The van der Waals surface area contributed by atoms with Crippen LogP contribution in [0.15, 0.2) is 18.2 Å². The highest BCUT2D eigenvalue weighted by Gasteiger charge is 2.02. The second-order valence-corrected chi connectivity index (χ2v) is 2.97. The Hall–Kier alpha value is -1.09. The van der Waals surface area contributed by atoms with Gasteiger partial charge in [-0.15, -0.1) is 0 Å². The minimum atomic E-state index is -0.590. The highest BCUT2D eigenvalue weighted by Crippen LogP contribution is 2.16. The molecule has 0 fully saturated rings. The summed E-state index contributed by atoms with van der Waals surface area (Å²) in [6, 6.07) is 4.32. The fourth-order valence-electron chi connectivity index (χ4n) is 1.05. The van der Waals surface area contributed by atoms with Crippen molar-refractivity contribution in [1.29, 1.82) is 0 Å². The molecule has 0 saturated heterocycles. The lowest BCUT2D eigenvalue weighted by Gasteiger charge is -2.05. The largest absolute Gasteiger partial charge is 0.505 e. The van der Waals surface area contributed by atoms with E-state index >= 15 is 0 Å². The lowest BCUT2D eigenvalue weighted by atomic mass is 10.1. The molecule has 0 radical (unpaired) electrons. The van der Waals surface area contributed by atoms with E-state index in [-0.39, 0.29) is 11.8 Å². The summed E-state index contributed by atoms with van der Waals surface area (Å²) in [5.41, 5.74) is 6.33. The van der Waals surface area contributed by atoms with E-state index in [1.807, 2.05) is 6.92 Å². The molecular formula is C9H12FNO. The van der Waals surface area contributed by atoms with Crippen molar-refractivity contribution in [2.24, 2.45) is 5.73 Å². The molecule has 0 aliphatic heterocycles. The first-order valence-corrected chi connectivity index (χ1v) is 3.82. The van der Waals surface area contributed by atoms with Gasteiger partial charge in [0.25, 0.3) is 0 Å². The molecule has 0 bridgehead atoms. The molecule has 0 unspecified atom stereocenters. The van der Waals surface area contributed by atoms with Gasteiger partial charge in [-0.2, -0.15) is 0 Å². The highest BCUT2D eigenvalue weighted by molar-refractivity contribution is 5.28. The summed E-state index contributed by atoms with van der Waals surface area (Å²) >= 11 is 0. The molecule has 0 aliphatic carbocycles. The van der Waals surface area contributed by atoms with Crippen molar-refractivity contribution in [1.82, 2.24) is 0 Å². The molecule has 0 aliphatic rings. The Bertz CT molecular complexity index is 273. The van der Waals surface area contributed by atoms with E-state index in [1.165, 1.54) is 12.1 Å². The zero-order valence-corrected chi connectivity index (χ0v) is 6.92. The molecule has 66 valence electrons. The number of rotatable bonds is 2. The number of benzene rings is 1. The minimum Gasteiger partial charge on any atom is -0.505 e. The molecule has 12 heavy (non-hydrogen) atoms. The molecule has 0 saturated carbocycles. The monoisotopic (exact) mass is 169 g/mol. The maximum absolute atomic E-state index is 12.7. The quantitative estimate of drug-likeness (QED) is 0.703. The maximum atomic E-state index is 12.7. The van der Waals surface area contributed by atoms with E-state index < -0.39 is 5.82 Å². The number of phenols is 1. The van der Waals surface area contributed by atoms with E-state index in [9.17, 15) is 4.39 Å². The molecule has 1 atom stereocenters. The van der Waals surface area contributed by atoms with Gasteiger partial charge in [0.1, 0.15) is 0 Å². The van der Waals surface area contributed by atoms with Gasteiger partial charge in [0.15, 0.2) is 11.6 Å². The van der Waals surface area contributed by atoms with E-state index in [0.29, 0.717) is 6.42 Å². The molecule has 0 aromatic heterocycles. The molecule has 1 aromatic carbocycles. The van der Waals surface area contributed by atoms with Crippen molar-refractivity contribution in [3.63, 3.8) is 0 Å². The third kappa shape index (κ3) is 2.20. The summed E-state index contributed by atoms with van der Waals surface area (Å²) in [4.78, 5) is 0. The van der Waals surface area contributed by atoms with Gasteiger partial charge in [0.05, 0.1) is 0 Å². The van der Waals surface area contributed by atoms with Gasteiger partial charge in [0.2, 0.25) is 0 Å². The smallest absolute Gasteiger partial charge is 0.165 e. The van der Waals surface area contributed by atoms with Gasteiger partial charge in [0, 0.05) is 6.04 Å². The van der Waals surface area contributed by atoms with Gasteiger partial charge in [-0.1, -0.05) is 6.07 Å². The predicted octanol–water partition coefficient (Wildman–Crippen LogP) is 1.42. The Kier molecular flexibility index (Phi) is 2.65. The molecule has 3 heteroatoms. The molecule has 0 heterocycles. The molecule has 1 aromatic rings. The molecule has 0 spiro atoms. The summed E-state index contributed by atoms with van der Waals surface area (Å²) in [6.07, 6.45) is 0.622. The van der Waals surface area contributed by atoms with Crippen molar-refractivity contribution in [2.45, 2.75) is 19.4 Å². The fourth-order valence-corrected chi connectivity index (χ4v) is 1.05. The summed E-state index contributed by atoms with van der Waals surface area (Å²) in [7, 11) is 0. The van der Waals surface area contributed by atoms with Gasteiger partial charge < -0.3 is 10.8 Å². The number of aromatic hydroxyl groups is 1. The van der Waals surface area contributed by atoms with Crippen LogP contribution in [0.5, 0.6) is 5.75 Å². The van der Waals surface area contributed by atoms with Crippen LogP contribution in [-0.2, 0) is 6.42 Å². The maximum Gasteiger partial charge on any atom is 0.165 e. The summed E-state index contributed by atoms with van der Waals surface area (Å²) in [5.74, 6) is -0.906. The summed E-state index contributed by atoms with van der Waals surface area (Å²) < 4.78 is 12.7. The Balaban J connectivity index is 2.82. The molecular weight excluding hydrogens is 157 g/mol. The lowest BCUT2D eigenvalue weighted by Crippen LogP contribution is -2.17. The number of phenolic OH excluding ortho intramolecular Hbond substituents is 1. The van der Waals surface area contributed by atoms with Gasteiger partial charge >= 0.3 is 0 Å². The zero-order valence-electron chi connectivity index (χ0n) is 6.92. The highest BCUT2D eigenvalue weighted by atomic mass is 19.1. The van der Waals surface area contributed by atoms with Crippen LogP contribution in [0.1, 0.15) is 12.5 Å². The topological polar surface area (TPSA) is 46.2 Å². The van der Waals surface area contributed by atoms with Crippen LogP contribution >= 0.6 is 0 Å². The van der Waals surface area contributed by atoms with Gasteiger partial charge in [-0.25, -0.2) is 4.39 Å². The molecule has 2 nitrogen and oxygen atoms in total. The number of halogens is 1. The van der Waals surface area contributed by atoms with Crippen LogP contribution in [0.25, 0.3) is 0 Å². The van der Waals surface area contributed by atoms with E-state index in [2.05, 4.69) is 0 Å². The van der Waals surface area contributed by atoms with Crippen LogP contribution in [0.2, 0.25) is 0 Å². The van der Waals surface area contributed by atoms with Crippen molar-refractivity contribution < 1.29 is 9.50 Å². The second-order valence-electron chi connectivity index (χ2n) is 2.97. The van der Waals surface area contributed by atoms with Crippen molar-refractivity contribution in [2.75, 3.05) is 0 Å². The number of nitrogens with two attached hydrogens (primary N) is 1. The number of hydrogen-bond acceptors (Lipinski definition) is 2. The van der Waals surface area contributed by atoms with Crippen LogP contribution in [0.4, 0.5) is 4.39 Å². The predicted molar refractivity (Wildman–Crippen MR) is 45.4 cm³/mol. The fraction of sp³-hybridized carbons (Fsp3) is 0.333. The lowest BCUT2D eigenvalue weighted by molar-refractivity contribution is 0.431. The Morgan fingerprint density at radius 2 is 2.25 bits per heavy atom. The first kappa shape index (κ1) is 9.00. The van der Waals surface area contributed by atoms with Crippen LogP contribution in [0.3, 0.4) is 0 Å². The molecule has 3 N–H and O–H groups in total. The van der Waals surface area contributed by atoms with E-state index in [0.717, 1.165) is 5.56 Å². The van der Waals surface area contributed by atoms with Crippen LogP contribution in [0, 0.1) is 5.82 Å². The number of hydrogen-bond donors (Lipinski definition) is 2. The SMILES string of the molecule is C[C@H](N)Cc1ccc(O)c(F)c1.